The van der Waals surface area contributed by atoms with Crippen LogP contribution in [0.2, 0.25) is 0 Å². The Labute approximate surface area is 108 Å². The molecular weight excluding hydrogens is 226 g/mol. The summed E-state index contributed by atoms with van der Waals surface area (Å²) in [6.45, 7) is 0. The monoisotopic (exact) mass is 249 g/mol. The molecule has 0 amide bonds. The van der Waals surface area contributed by atoms with Crippen molar-refractivity contribution in [2.45, 2.75) is 50.5 Å². The summed E-state index contributed by atoms with van der Waals surface area (Å²) >= 11 is 0. The Kier molecular flexibility index (Phi) is 2.19. The Hall–Kier alpha value is -0.570. The first-order valence-electron chi connectivity index (χ1n) is 7.57. The maximum absolute atomic E-state index is 11.1. The Morgan fingerprint density at radius 3 is 1.89 bits per heavy atom. The maximum Gasteiger partial charge on any atom is 0.323 e. The van der Waals surface area contributed by atoms with E-state index in [1.54, 1.807) is 0 Å². The van der Waals surface area contributed by atoms with Crippen LogP contribution in [0.3, 0.4) is 0 Å². The fourth-order valence-corrected chi connectivity index (χ4v) is 6.06. The van der Waals surface area contributed by atoms with E-state index >= 15 is 0 Å². The Bertz CT molecular complexity index is 358. The van der Waals surface area contributed by atoms with Gasteiger partial charge < -0.3 is 10.8 Å². The van der Waals surface area contributed by atoms with E-state index in [-0.39, 0.29) is 0 Å². The molecule has 0 atom stereocenters. The summed E-state index contributed by atoms with van der Waals surface area (Å²) in [5.41, 5.74) is 5.04. The zero-order valence-electron chi connectivity index (χ0n) is 10.8. The van der Waals surface area contributed by atoms with Crippen LogP contribution in [0, 0.1) is 35.5 Å². The van der Waals surface area contributed by atoms with Gasteiger partial charge in [-0.25, -0.2) is 0 Å². The van der Waals surface area contributed by atoms with Crippen LogP contribution >= 0.6 is 0 Å². The van der Waals surface area contributed by atoms with Gasteiger partial charge in [0.25, 0.3) is 0 Å². The van der Waals surface area contributed by atoms with Crippen LogP contribution < -0.4 is 5.73 Å². The van der Waals surface area contributed by atoms with Gasteiger partial charge in [0.15, 0.2) is 0 Å². The van der Waals surface area contributed by atoms with Crippen LogP contribution in [0.1, 0.15) is 44.9 Å². The van der Waals surface area contributed by atoms with Crippen molar-refractivity contribution < 1.29 is 9.90 Å². The van der Waals surface area contributed by atoms with Crippen LogP contribution in [0.15, 0.2) is 0 Å². The molecule has 5 fully saturated rings. The van der Waals surface area contributed by atoms with E-state index in [0.29, 0.717) is 5.92 Å². The molecule has 0 aliphatic heterocycles. The summed E-state index contributed by atoms with van der Waals surface area (Å²) in [6, 6.07) is 0. The molecule has 3 N–H and O–H groups in total. The van der Waals surface area contributed by atoms with E-state index in [1.165, 1.54) is 32.1 Å². The van der Waals surface area contributed by atoms with Crippen molar-refractivity contribution in [2.75, 3.05) is 0 Å². The van der Waals surface area contributed by atoms with Gasteiger partial charge >= 0.3 is 5.97 Å². The molecule has 100 valence electrons. The van der Waals surface area contributed by atoms with Crippen LogP contribution in [0.25, 0.3) is 0 Å². The average molecular weight is 249 g/mol. The fraction of sp³-hybridized carbons (Fsp3) is 0.933. The van der Waals surface area contributed by atoms with E-state index in [4.69, 9.17) is 10.8 Å². The molecule has 18 heavy (non-hydrogen) atoms. The summed E-state index contributed by atoms with van der Waals surface area (Å²) in [7, 11) is 0. The quantitative estimate of drug-likeness (QED) is 0.789. The standard InChI is InChI=1S/C15H23NO2/c16-15(14(17)18)6-12(7-15)13-10-2-8-1-9(4-10)5-11(13)3-8/h8-13H,1-7,16H2,(H,17,18). The number of carboxylic acids is 1. The van der Waals surface area contributed by atoms with Gasteiger partial charge in [-0.2, -0.15) is 0 Å². The zero-order chi connectivity index (χ0) is 12.5. The Morgan fingerprint density at radius 1 is 0.944 bits per heavy atom. The van der Waals surface area contributed by atoms with E-state index in [9.17, 15) is 4.79 Å². The minimum absolute atomic E-state index is 0.612. The number of carbonyl (C=O) groups is 1. The molecule has 5 saturated carbocycles. The van der Waals surface area contributed by atoms with E-state index in [0.717, 1.165) is 42.4 Å². The summed E-state index contributed by atoms with van der Waals surface area (Å²) in [6.07, 6.45) is 8.67. The predicted molar refractivity (Wildman–Crippen MR) is 67.8 cm³/mol. The van der Waals surface area contributed by atoms with E-state index in [1.807, 2.05) is 0 Å². The van der Waals surface area contributed by atoms with Gasteiger partial charge in [-0.1, -0.05) is 0 Å². The van der Waals surface area contributed by atoms with Crippen molar-refractivity contribution in [2.24, 2.45) is 41.2 Å². The van der Waals surface area contributed by atoms with E-state index in [2.05, 4.69) is 0 Å². The fourth-order valence-electron chi connectivity index (χ4n) is 6.06. The molecule has 3 nitrogen and oxygen atoms in total. The van der Waals surface area contributed by atoms with Gasteiger partial charge in [0.1, 0.15) is 5.54 Å². The van der Waals surface area contributed by atoms with Crippen molar-refractivity contribution in [3.63, 3.8) is 0 Å². The van der Waals surface area contributed by atoms with Gasteiger partial charge in [-0.3, -0.25) is 4.79 Å². The molecule has 0 aromatic heterocycles. The van der Waals surface area contributed by atoms with Crippen molar-refractivity contribution in [1.29, 1.82) is 0 Å². The normalized spacial score (nSPS) is 57.4. The minimum Gasteiger partial charge on any atom is -0.480 e. The highest BCUT2D eigenvalue weighted by Crippen LogP contribution is 2.61. The Balaban J connectivity index is 1.49. The van der Waals surface area contributed by atoms with Crippen molar-refractivity contribution >= 4 is 5.97 Å². The number of hydrogen-bond donors (Lipinski definition) is 2. The number of hydrogen-bond acceptors (Lipinski definition) is 2. The largest absolute Gasteiger partial charge is 0.480 e. The van der Waals surface area contributed by atoms with Crippen LogP contribution in [0.5, 0.6) is 0 Å². The molecule has 3 heteroatoms. The zero-order valence-corrected chi connectivity index (χ0v) is 10.8. The van der Waals surface area contributed by atoms with Gasteiger partial charge in [-0.15, -0.1) is 0 Å². The van der Waals surface area contributed by atoms with Crippen LogP contribution in [0.4, 0.5) is 0 Å². The van der Waals surface area contributed by atoms with E-state index < -0.39 is 11.5 Å². The highest BCUT2D eigenvalue weighted by atomic mass is 16.4. The van der Waals surface area contributed by atoms with Crippen molar-refractivity contribution in [3.8, 4) is 0 Å². The minimum atomic E-state index is -0.890. The van der Waals surface area contributed by atoms with Crippen molar-refractivity contribution in [1.82, 2.24) is 0 Å². The molecule has 0 aromatic carbocycles. The third-order valence-corrected chi connectivity index (χ3v) is 6.52. The first-order chi connectivity index (χ1) is 8.55. The lowest BCUT2D eigenvalue weighted by molar-refractivity contribution is -0.155. The molecule has 0 radical (unpaired) electrons. The second-order valence-electron chi connectivity index (χ2n) is 7.64. The second-order valence-corrected chi connectivity index (χ2v) is 7.64. The molecule has 0 heterocycles. The third-order valence-electron chi connectivity index (χ3n) is 6.52. The second kappa shape index (κ2) is 3.50. The molecule has 0 spiro atoms. The maximum atomic E-state index is 11.1. The summed E-state index contributed by atoms with van der Waals surface area (Å²) < 4.78 is 0. The van der Waals surface area contributed by atoms with Gasteiger partial charge in [0, 0.05) is 0 Å². The lowest BCUT2D eigenvalue weighted by Gasteiger charge is -2.59. The van der Waals surface area contributed by atoms with Gasteiger partial charge in [0.05, 0.1) is 0 Å². The predicted octanol–water partition coefficient (Wildman–Crippen LogP) is 2.25. The molecule has 5 aliphatic rings. The smallest absolute Gasteiger partial charge is 0.323 e. The number of carboxylic acid groups (broad SMARTS) is 1. The number of aliphatic carboxylic acids is 1. The molecule has 0 unspecified atom stereocenters. The third kappa shape index (κ3) is 1.43. The average Bonchev–Trinajstić information content (AvgIpc) is 2.24. The van der Waals surface area contributed by atoms with Crippen LogP contribution in [-0.4, -0.2) is 16.6 Å². The first kappa shape index (κ1) is 11.3. The lowest BCUT2D eigenvalue weighted by Crippen LogP contribution is -2.62. The summed E-state index contributed by atoms with van der Waals surface area (Å²) in [4.78, 5) is 11.1. The van der Waals surface area contributed by atoms with Gasteiger partial charge in [0.2, 0.25) is 0 Å². The number of rotatable bonds is 2. The van der Waals surface area contributed by atoms with Crippen LogP contribution in [-0.2, 0) is 4.79 Å². The lowest BCUT2D eigenvalue weighted by atomic mass is 9.46. The first-order valence-corrected chi connectivity index (χ1v) is 7.57. The molecular formula is C15H23NO2. The molecule has 4 bridgehead atoms. The molecule has 0 saturated heterocycles. The SMILES string of the molecule is NC1(C(=O)O)CC(C2C3CC4CC(C3)CC2C4)C1. The topological polar surface area (TPSA) is 63.3 Å². The summed E-state index contributed by atoms with van der Waals surface area (Å²) in [5.74, 6) is 4.46. The van der Waals surface area contributed by atoms with Gasteiger partial charge in [-0.05, 0) is 80.5 Å². The molecule has 0 aromatic rings. The molecule has 5 aliphatic carbocycles. The number of nitrogens with two attached hydrogens (primary N) is 1. The highest BCUT2D eigenvalue weighted by Gasteiger charge is 2.57. The summed E-state index contributed by atoms with van der Waals surface area (Å²) in [5, 5.41) is 9.14. The molecule has 5 rings (SSSR count). The van der Waals surface area contributed by atoms with Crippen molar-refractivity contribution in [3.05, 3.63) is 0 Å². The highest BCUT2D eigenvalue weighted by molar-refractivity contribution is 5.79. The Morgan fingerprint density at radius 2 is 1.44 bits per heavy atom.